The zero-order valence-corrected chi connectivity index (χ0v) is 27.6. The quantitative estimate of drug-likeness (QED) is 0.0952. The van der Waals surface area contributed by atoms with Crippen molar-refractivity contribution in [2.75, 3.05) is 39.6 Å². The van der Waals surface area contributed by atoms with Crippen LogP contribution in [0.2, 0.25) is 0 Å². The summed E-state index contributed by atoms with van der Waals surface area (Å²) < 4.78 is 6.00. The fourth-order valence-electron chi connectivity index (χ4n) is 5.21. The Labute approximate surface area is 272 Å². The molecule has 2 heterocycles. The number of methoxy groups -OCH3 is 1. The summed E-state index contributed by atoms with van der Waals surface area (Å²) in [7, 11) is 5.33. The van der Waals surface area contributed by atoms with Crippen molar-refractivity contribution in [1.82, 2.24) is 20.5 Å². The van der Waals surface area contributed by atoms with Crippen LogP contribution >= 0.6 is 0 Å². The van der Waals surface area contributed by atoms with E-state index in [1.165, 1.54) is 11.9 Å². The van der Waals surface area contributed by atoms with E-state index in [0.29, 0.717) is 34.7 Å². The minimum absolute atomic E-state index is 0.370. The summed E-state index contributed by atoms with van der Waals surface area (Å²) in [5, 5.41) is 9.73. The number of rotatable bonds is 15. The van der Waals surface area contributed by atoms with Crippen LogP contribution in [0.3, 0.4) is 0 Å². The summed E-state index contributed by atoms with van der Waals surface area (Å²) in [6, 6.07) is 11.8. The van der Waals surface area contributed by atoms with Gasteiger partial charge in [0.15, 0.2) is 5.82 Å². The minimum atomic E-state index is 0.370. The third-order valence-electron chi connectivity index (χ3n) is 7.92. The smallest absolute Gasteiger partial charge is 0.153 e. The standard InChI is InChI=1S/C35H48N10O/c1-6-7-10-25(18-41-23(2)26-19-45(20-26)21-27-11-8-14-32(43-27)42-22-36)28-12-9-13-29(35(28)46-5)44-30(17-31(37)39-3)33(38)34(40-4)24-15-16-24/h7-14,17-18,22,26,39-40,44H,6,15-16,19-21,37-38H2,1-5H3,(H2,36,42,43)/b10-7+,25-18+,31-17+,33-30+,41-23?. The molecule has 0 atom stereocenters. The number of hydrogen-bond donors (Lipinski definition) is 6. The molecule has 0 spiro atoms. The first-order valence-electron chi connectivity index (χ1n) is 15.6. The van der Waals surface area contributed by atoms with Crippen molar-refractivity contribution in [3.05, 3.63) is 101 Å². The van der Waals surface area contributed by atoms with Gasteiger partial charge in [-0.1, -0.05) is 37.3 Å². The van der Waals surface area contributed by atoms with Crippen LogP contribution in [-0.2, 0) is 6.54 Å². The van der Waals surface area contributed by atoms with E-state index >= 15 is 0 Å². The Morgan fingerprint density at radius 2 is 1.87 bits per heavy atom. The Morgan fingerprint density at radius 3 is 2.52 bits per heavy atom. The molecule has 2 aliphatic rings. The lowest BCUT2D eigenvalue weighted by Crippen LogP contribution is -2.49. The van der Waals surface area contributed by atoms with Crippen LogP contribution in [0.15, 0.2) is 99.3 Å². The molecule has 1 saturated carbocycles. The first-order chi connectivity index (χ1) is 22.3. The largest absolute Gasteiger partial charge is 0.494 e. The summed E-state index contributed by atoms with van der Waals surface area (Å²) >= 11 is 0. The molecule has 11 nitrogen and oxygen atoms in total. The van der Waals surface area contributed by atoms with E-state index in [0.717, 1.165) is 72.8 Å². The van der Waals surface area contributed by atoms with Crippen molar-refractivity contribution < 1.29 is 4.74 Å². The summed E-state index contributed by atoms with van der Waals surface area (Å²) in [6.45, 7) is 6.80. The van der Waals surface area contributed by atoms with Gasteiger partial charge < -0.3 is 37.9 Å². The zero-order valence-electron chi connectivity index (χ0n) is 27.6. The van der Waals surface area contributed by atoms with Crippen LogP contribution in [0, 0.1) is 5.92 Å². The molecule has 2 fully saturated rings. The molecule has 9 N–H and O–H groups in total. The molecular formula is C35H48N10O. The van der Waals surface area contributed by atoms with Crippen molar-refractivity contribution in [3.63, 3.8) is 0 Å². The molecule has 244 valence electrons. The molecule has 0 unspecified atom stereocenters. The average Bonchev–Trinajstić information content (AvgIpc) is 3.88. The summed E-state index contributed by atoms with van der Waals surface area (Å²) in [4.78, 5) is 15.9. The van der Waals surface area contributed by atoms with Gasteiger partial charge in [-0.25, -0.2) is 9.98 Å². The maximum absolute atomic E-state index is 6.69. The second-order valence-electron chi connectivity index (χ2n) is 11.2. The fourth-order valence-corrected chi connectivity index (χ4v) is 5.21. The number of nitrogens with two attached hydrogens (primary N) is 3. The van der Waals surface area contributed by atoms with Gasteiger partial charge in [-0.3, -0.25) is 9.89 Å². The van der Waals surface area contributed by atoms with Gasteiger partial charge in [-0.05, 0) is 50.0 Å². The number of pyridine rings is 1. The Hall–Kier alpha value is -5.03. The van der Waals surface area contributed by atoms with Crippen LogP contribution < -0.4 is 37.9 Å². The molecular weight excluding hydrogens is 576 g/mol. The molecule has 1 aromatic carbocycles. The number of likely N-dealkylation sites (tertiary alicyclic amines) is 1. The number of benzene rings is 1. The highest BCUT2D eigenvalue weighted by Crippen LogP contribution is 2.37. The zero-order chi connectivity index (χ0) is 33.1. The van der Waals surface area contributed by atoms with Crippen LogP contribution in [0.5, 0.6) is 5.75 Å². The van der Waals surface area contributed by atoms with Gasteiger partial charge in [0.25, 0.3) is 0 Å². The third-order valence-corrected chi connectivity index (χ3v) is 7.92. The predicted octanol–water partition coefficient (Wildman–Crippen LogP) is 4.48. The van der Waals surface area contributed by atoms with Crippen LogP contribution in [-0.4, -0.2) is 56.2 Å². The van der Waals surface area contributed by atoms with E-state index in [4.69, 9.17) is 26.9 Å². The topological polar surface area (TPSA) is 164 Å². The highest BCUT2D eigenvalue weighted by Gasteiger charge is 2.29. The lowest BCUT2D eigenvalue weighted by Gasteiger charge is -2.39. The average molecular weight is 625 g/mol. The first-order valence-corrected chi connectivity index (χ1v) is 15.6. The van der Waals surface area contributed by atoms with Crippen LogP contribution in [0.1, 0.15) is 44.4 Å². The highest BCUT2D eigenvalue weighted by molar-refractivity contribution is 5.88. The number of aromatic nitrogens is 1. The maximum atomic E-state index is 6.69. The van der Waals surface area contributed by atoms with E-state index in [2.05, 4.69) is 56.8 Å². The molecule has 0 bridgehead atoms. The number of ether oxygens (including phenoxy) is 1. The van der Waals surface area contributed by atoms with Gasteiger partial charge in [0.2, 0.25) is 0 Å². The molecule has 1 aromatic heterocycles. The lowest BCUT2D eigenvalue weighted by atomic mass is 9.95. The Kier molecular flexibility index (Phi) is 12.0. The van der Waals surface area contributed by atoms with Crippen molar-refractivity contribution >= 4 is 29.1 Å². The molecule has 1 aliphatic carbocycles. The molecule has 46 heavy (non-hydrogen) atoms. The van der Waals surface area contributed by atoms with Gasteiger partial charge in [-0.2, -0.15) is 0 Å². The molecule has 11 heteroatoms. The van der Waals surface area contributed by atoms with Crippen molar-refractivity contribution in [2.24, 2.45) is 33.1 Å². The Bertz CT molecular complexity index is 1590. The molecule has 1 saturated heterocycles. The van der Waals surface area contributed by atoms with Gasteiger partial charge >= 0.3 is 0 Å². The van der Waals surface area contributed by atoms with E-state index in [1.54, 1.807) is 20.2 Å². The second kappa shape index (κ2) is 16.3. The number of hydrogen-bond acceptors (Lipinski definition) is 10. The number of nitrogens with zero attached hydrogens (tertiary/aromatic N) is 4. The number of anilines is 1. The lowest BCUT2D eigenvalue weighted by molar-refractivity contribution is 0.131. The third kappa shape index (κ3) is 8.79. The molecule has 0 radical (unpaired) electrons. The number of likely N-dealkylation sites (N-methyl/N-ethyl adjacent to an activating group) is 1. The van der Waals surface area contributed by atoms with Gasteiger partial charge in [0.05, 0.1) is 47.7 Å². The minimum Gasteiger partial charge on any atom is -0.494 e. The molecule has 2 aromatic rings. The van der Waals surface area contributed by atoms with Gasteiger partial charge in [-0.15, -0.1) is 0 Å². The molecule has 0 amide bonds. The second-order valence-corrected chi connectivity index (χ2v) is 11.2. The number of allylic oxidation sites excluding steroid dienone is 5. The van der Waals surface area contributed by atoms with Crippen molar-refractivity contribution in [3.8, 4) is 5.75 Å². The Morgan fingerprint density at radius 1 is 1.11 bits per heavy atom. The number of nitrogens with one attached hydrogen (secondary N) is 3. The van der Waals surface area contributed by atoms with Gasteiger partial charge in [0, 0.05) is 68.8 Å². The highest BCUT2D eigenvalue weighted by atomic mass is 16.5. The fraction of sp³-hybridized carbons (Fsp3) is 0.343. The van der Waals surface area contributed by atoms with E-state index in [-0.39, 0.29) is 0 Å². The molecule has 1 aliphatic heterocycles. The van der Waals surface area contributed by atoms with E-state index in [9.17, 15) is 0 Å². The van der Waals surface area contributed by atoms with Crippen molar-refractivity contribution in [1.29, 1.82) is 0 Å². The normalized spacial score (nSPS) is 16.8. The SMILES string of the molecule is CC/C=C/C(=C\N=C(C)C1CN(Cc2cccc(/N=C\N)n2)C1)c1cccc(NC(/C=C(\N)NC)=C(/N)C(NC)=C2CC2)c1OC. The Balaban J connectivity index is 1.58. The summed E-state index contributed by atoms with van der Waals surface area (Å²) in [5.74, 6) is 2.15. The summed E-state index contributed by atoms with van der Waals surface area (Å²) in [6.07, 6.45) is 12.2. The first kappa shape index (κ1) is 33.9. The number of aliphatic imine (C=N–C) groups is 2. The number of para-hydroxylation sites is 1. The maximum Gasteiger partial charge on any atom is 0.153 e. The monoisotopic (exact) mass is 624 g/mol. The van der Waals surface area contributed by atoms with E-state index in [1.807, 2.05) is 49.6 Å². The van der Waals surface area contributed by atoms with Gasteiger partial charge in [0.1, 0.15) is 5.75 Å². The summed E-state index contributed by atoms with van der Waals surface area (Å²) in [5.41, 5.74) is 26.4. The molecule has 4 rings (SSSR count). The van der Waals surface area contributed by atoms with Crippen LogP contribution in [0.4, 0.5) is 11.5 Å². The van der Waals surface area contributed by atoms with Crippen molar-refractivity contribution in [2.45, 2.75) is 39.7 Å². The van der Waals surface area contributed by atoms with Crippen LogP contribution in [0.25, 0.3) is 5.57 Å². The van der Waals surface area contributed by atoms with E-state index < -0.39 is 0 Å². The predicted molar refractivity (Wildman–Crippen MR) is 190 cm³/mol.